The second-order valence-electron chi connectivity index (χ2n) is 7.28. The van der Waals surface area contributed by atoms with Gasteiger partial charge in [-0.05, 0) is 18.4 Å². The zero-order valence-electron chi connectivity index (χ0n) is 16.8. The zero-order chi connectivity index (χ0) is 21.2. The lowest BCUT2D eigenvalue weighted by molar-refractivity contribution is -0.141. The number of carboxylic acids is 1. The van der Waals surface area contributed by atoms with Gasteiger partial charge in [-0.3, -0.25) is 23.9 Å². The van der Waals surface area contributed by atoms with E-state index in [1.807, 2.05) is 20.8 Å². The highest BCUT2D eigenvalue weighted by Gasteiger charge is 2.24. The van der Waals surface area contributed by atoms with E-state index >= 15 is 0 Å². The van der Waals surface area contributed by atoms with E-state index in [1.165, 1.54) is 23.4 Å². The molecule has 0 aromatic carbocycles. The van der Waals surface area contributed by atoms with Crippen LogP contribution < -0.4 is 11.2 Å². The third kappa shape index (κ3) is 4.13. The highest BCUT2D eigenvalue weighted by atomic mass is 16.4. The van der Waals surface area contributed by atoms with Gasteiger partial charge in [0.15, 0.2) is 5.65 Å². The molecule has 0 aliphatic carbocycles. The molecule has 28 heavy (non-hydrogen) atoms. The Kier molecular flexibility index (Phi) is 6.37. The maximum atomic E-state index is 13.1. The van der Waals surface area contributed by atoms with Crippen molar-refractivity contribution < 1.29 is 14.7 Å². The first kappa shape index (κ1) is 21.3. The Morgan fingerprint density at radius 3 is 2.46 bits per heavy atom. The highest BCUT2D eigenvalue weighted by Crippen LogP contribution is 2.21. The van der Waals surface area contributed by atoms with Crippen LogP contribution in [0.25, 0.3) is 11.0 Å². The van der Waals surface area contributed by atoms with E-state index in [0.717, 1.165) is 0 Å². The molecule has 2 aromatic heterocycles. The Labute approximate surface area is 162 Å². The summed E-state index contributed by atoms with van der Waals surface area (Å²) in [5.41, 5.74) is -0.396. The summed E-state index contributed by atoms with van der Waals surface area (Å²) in [6, 6.07) is 1.55. The summed E-state index contributed by atoms with van der Waals surface area (Å²) in [5.74, 6) is -2.31. The molecule has 2 N–H and O–H groups in total. The van der Waals surface area contributed by atoms with Gasteiger partial charge in [-0.15, -0.1) is 0 Å². The molecular weight excluding hydrogens is 364 g/mol. The summed E-state index contributed by atoms with van der Waals surface area (Å²) in [6.07, 6.45) is 0.647. The van der Waals surface area contributed by atoms with Crippen molar-refractivity contribution >= 4 is 22.9 Å². The SMILES string of the molecule is CCCn1c(=O)[nH]c(=O)c2c(C(=O)N(C)CC(C)C(=O)O)cc(C(C)C)nc21. The van der Waals surface area contributed by atoms with Crippen LogP contribution in [-0.4, -0.2) is 50.0 Å². The van der Waals surface area contributed by atoms with E-state index in [0.29, 0.717) is 18.7 Å². The normalized spacial score (nSPS) is 12.4. The number of rotatable bonds is 7. The van der Waals surface area contributed by atoms with Gasteiger partial charge in [-0.2, -0.15) is 0 Å². The molecule has 0 spiro atoms. The van der Waals surface area contributed by atoms with Crippen molar-refractivity contribution in [3.05, 3.63) is 38.2 Å². The maximum Gasteiger partial charge on any atom is 0.329 e. The molecule has 152 valence electrons. The molecule has 0 saturated heterocycles. The van der Waals surface area contributed by atoms with Crippen molar-refractivity contribution in [1.29, 1.82) is 0 Å². The van der Waals surface area contributed by atoms with Crippen molar-refractivity contribution in [3.63, 3.8) is 0 Å². The fourth-order valence-corrected chi connectivity index (χ4v) is 2.97. The van der Waals surface area contributed by atoms with Crippen molar-refractivity contribution in [2.24, 2.45) is 5.92 Å². The minimum absolute atomic E-state index is 0.0124. The predicted molar refractivity (Wildman–Crippen MR) is 105 cm³/mol. The van der Waals surface area contributed by atoms with Crippen molar-refractivity contribution in [1.82, 2.24) is 19.4 Å². The second-order valence-corrected chi connectivity index (χ2v) is 7.28. The molecule has 0 saturated carbocycles. The van der Waals surface area contributed by atoms with E-state index in [-0.39, 0.29) is 29.1 Å². The van der Waals surface area contributed by atoms with Gasteiger partial charge in [0.2, 0.25) is 0 Å². The number of aromatic amines is 1. The predicted octanol–water partition coefficient (Wildman–Crippen LogP) is 1.41. The number of carbonyl (C=O) groups excluding carboxylic acids is 1. The van der Waals surface area contributed by atoms with Crippen LogP contribution in [0.2, 0.25) is 0 Å². The fourth-order valence-electron chi connectivity index (χ4n) is 2.97. The van der Waals surface area contributed by atoms with Crippen LogP contribution in [0.5, 0.6) is 0 Å². The van der Waals surface area contributed by atoms with E-state index in [9.17, 15) is 19.2 Å². The second kappa shape index (κ2) is 8.37. The van der Waals surface area contributed by atoms with Gasteiger partial charge < -0.3 is 10.0 Å². The molecule has 1 amide bonds. The summed E-state index contributed by atoms with van der Waals surface area (Å²) in [6.45, 7) is 7.52. The lowest BCUT2D eigenvalue weighted by atomic mass is 10.0. The molecular formula is C19H26N4O5. The number of fused-ring (bicyclic) bond motifs is 1. The summed E-state index contributed by atoms with van der Waals surface area (Å²) >= 11 is 0. The highest BCUT2D eigenvalue weighted by molar-refractivity contribution is 6.05. The number of aromatic nitrogens is 3. The summed E-state index contributed by atoms with van der Waals surface area (Å²) in [7, 11) is 1.49. The molecule has 1 atom stereocenters. The Bertz CT molecular complexity index is 1020. The van der Waals surface area contributed by atoms with E-state index < -0.39 is 29.0 Å². The molecule has 0 aliphatic rings. The topological polar surface area (TPSA) is 125 Å². The van der Waals surface area contributed by atoms with E-state index in [1.54, 1.807) is 6.07 Å². The monoisotopic (exact) mass is 390 g/mol. The first-order valence-electron chi connectivity index (χ1n) is 9.24. The quantitative estimate of drug-likeness (QED) is 0.736. The smallest absolute Gasteiger partial charge is 0.329 e. The van der Waals surface area contributed by atoms with E-state index in [4.69, 9.17) is 5.11 Å². The number of amides is 1. The molecule has 9 nitrogen and oxygen atoms in total. The molecule has 0 bridgehead atoms. The number of nitrogens with zero attached hydrogens (tertiary/aromatic N) is 3. The van der Waals surface area contributed by atoms with Crippen molar-refractivity contribution in [2.45, 2.75) is 46.6 Å². The van der Waals surface area contributed by atoms with Crippen LogP contribution in [0, 0.1) is 5.92 Å². The Hall–Kier alpha value is -2.97. The van der Waals surface area contributed by atoms with Crippen molar-refractivity contribution in [3.8, 4) is 0 Å². The Morgan fingerprint density at radius 1 is 1.29 bits per heavy atom. The van der Waals surface area contributed by atoms with Gasteiger partial charge in [0.1, 0.15) is 0 Å². The molecule has 2 heterocycles. The third-order valence-corrected chi connectivity index (χ3v) is 4.55. The van der Waals surface area contributed by atoms with Crippen LogP contribution >= 0.6 is 0 Å². The molecule has 9 heteroatoms. The molecule has 2 rings (SSSR count). The number of H-pyrrole nitrogens is 1. The summed E-state index contributed by atoms with van der Waals surface area (Å²) in [5, 5.41) is 9.14. The van der Waals surface area contributed by atoms with Gasteiger partial charge in [0.25, 0.3) is 11.5 Å². The maximum absolute atomic E-state index is 13.1. The number of hydrogen-bond donors (Lipinski definition) is 2. The minimum atomic E-state index is -1.02. The molecule has 1 unspecified atom stereocenters. The Balaban J connectivity index is 2.75. The lowest BCUT2D eigenvalue weighted by Crippen LogP contribution is -2.36. The fraction of sp³-hybridized carbons (Fsp3) is 0.526. The molecule has 0 radical (unpaired) electrons. The van der Waals surface area contributed by atoms with Crippen LogP contribution in [0.1, 0.15) is 56.1 Å². The molecule has 2 aromatic rings. The number of pyridine rings is 1. The number of carbonyl (C=O) groups is 2. The average Bonchev–Trinajstić information content (AvgIpc) is 2.62. The van der Waals surface area contributed by atoms with E-state index in [2.05, 4.69) is 9.97 Å². The first-order valence-corrected chi connectivity index (χ1v) is 9.24. The van der Waals surface area contributed by atoms with Crippen LogP contribution in [0.3, 0.4) is 0 Å². The third-order valence-electron chi connectivity index (χ3n) is 4.55. The summed E-state index contributed by atoms with van der Waals surface area (Å²) < 4.78 is 1.36. The molecule has 0 fully saturated rings. The van der Waals surface area contributed by atoms with Crippen LogP contribution in [0.4, 0.5) is 0 Å². The largest absolute Gasteiger partial charge is 0.481 e. The van der Waals surface area contributed by atoms with Gasteiger partial charge in [0, 0.05) is 25.8 Å². The number of carboxylic acid groups (broad SMARTS) is 1. The van der Waals surface area contributed by atoms with Gasteiger partial charge in [-0.25, -0.2) is 9.78 Å². The average molecular weight is 390 g/mol. The lowest BCUT2D eigenvalue weighted by Gasteiger charge is -2.21. The van der Waals surface area contributed by atoms with Gasteiger partial charge in [-0.1, -0.05) is 27.7 Å². The number of aryl methyl sites for hydroxylation is 1. The van der Waals surface area contributed by atoms with Gasteiger partial charge >= 0.3 is 11.7 Å². The zero-order valence-corrected chi connectivity index (χ0v) is 16.8. The van der Waals surface area contributed by atoms with Crippen LogP contribution in [0.15, 0.2) is 15.7 Å². The first-order chi connectivity index (χ1) is 13.1. The van der Waals surface area contributed by atoms with Crippen LogP contribution in [-0.2, 0) is 11.3 Å². The van der Waals surface area contributed by atoms with Gasteiger partial charge in [0.05, 0.1) is 16.9 Å². The standard InChI is InChI=1S/C19H26N4O5/c1-6-7-23-15-14(16(24)21-19(23)28)12(8-13(20-15)10(2)3)17(25)22(5)9-11(4)18(26)27/h8,10-11H,6-7,9H2,1-5H3,(H,26,27)(H,21,24,28). The molecule has 0 aliphatic heterocycles. The number of hydrogen-bond acceptors (Lipinski definition) is 5. The Morgan fingerprint density at radius 2 is 1.93 bits per heavy atom. The summed E-state index contributed by atoms with van der Waals surface area (Å²) in [4.78, 5) is 57.0. The van der Waals surface area contributed by atoms with Crippen molar-refractivity contribution in [2.75, 3.05) is 13.6 Å². The number of nitrogens with one attached hydrogen (secondary N) is 1. The number of aliphatic carboxylic acids is 1. The minimum Gasteiger partial charge on any atom is -0.481 e.